The van der Waals surface area contributed by atoms with Crippen molar-refractivity contribution in [2.24, 2.45) is 0 Å². The summed E-state index contributed by atoms with van der Waals surface area (Å²) in [6, 6.07) is 10.0. The lowest BCUT2D eigenvalue weighted by Gasteiger charge is -2.34. The average molecular weight is 496 g/mol. The Morgan fingerprint density at radius 1 is 0.912 bits per heavy atom. The Balaban J connectivity index is 1.52. The topological polar surface area (TPSA) is 61.9 Å². The maximum absolute atomic E-state index is 12.7. The normalized spacial score (nSPS) is 19.2. The third kappa shape index (κ3) is 11.6. The molecular weight excluding hydrogens is 446 g/mol. The molecule has 0 heterocycles. The van der Waals surface area contributed by atoms with Crippen LogP contribution in [0.25, 0.3) is 0 Å². The van der Waals surface area contributed by atoms with Crippen LogP contribution in [-0.2, 0) is 21.4 Å². The number of unbranched alkanes of at least 4 members (excludes halogenated alkanes) is 5. The molecule has 1 aliphatic rings. The molecule has 0 bridgehead atoms. The van der Waals surface area contributed by atoms with Gasteiger partial charge in [0.25, 0.3) is 10.2 Å². The Hall–Kier alpha value is -0.990. The molecule has 34 heavy (non-hydrogen) atoms. The molecule has 0 aliphatic heterocycles. The smallest absolute Gasteiger partial charge is 0.279 e. The summed E-state index contributed by atoms with van der Waals surface area (Å²) in [5.41, 5.74) is 1.14. The molecule has 0 saturated heterocycles. The van der Waals surface area contributed by atoms with Gasteiger partial charge in [-0.3, -0.25) is 0 Å². The van der Waals surface area contributed by atoms with Crippen molar-refractivity contribution in [1.29, 1.82) is 0 Å². The average Bonchev–Trinajstić information content (AvgIpc) is 2.84. The molecule has 0 spiro atoms. The summed E-state index contributed by atoms with van der Waals surface area (Å²) in [7, 11) is 0.490. The summed E-state index contributed by atoms with van der Waals surface area (Å²) in [4.78, 5) is 2.46. The maximum Gasteiger partial charge on any atom is 0.279 e. The number of hydrogen-bond acceptors (Lipinski definition) is 4. The highest BCUT2D eigenvalue weighted by Crippen LogP contribution is 2.26. The van der Waals surface area contributed by atoms with Crippen molar-refractivity contribution in [2.75, 3.05) is 40.3 Å². The first-order chi connectivity index (χ1) is 16.4. The SMILES string of the molecule is CCCCCN(C)CCCCCCO[C@H]1CC[C@H](N(C)S(=O)(=O)NCCc2ccccc2)CC1. The number of ether oxygens (including phenoxy) is 1. The molecule has 0 amide bonds. The van der Waals surface area contributed by atoms with Crippen LogP contribution >= 0.6 is 0 Å². The fourth-order valence-corrected chi connectivity index (χ4v) is 5.84. The van der Waals surface area contributed by atoms with E-state index < -0.39 is 10.2 Å². The van der Waals surface area contributed by atoms with Gasteiger partial charge in [-0.25, -0.2) is 4.72 Å². The summed E-state index contributed by atoms with van der Waals surface area (Å²) in [5.74, 6) is 0. The second kappa shape index (κ2) is 16.6. The number of nitrogens with zero attached hydrogens (tertiary/aromatic N) is 2. The van der Waals surface area contributed by atoms with Crippen molar-refractivity contribution in [1.82, 2.24) is 13.9 Å². The van der Waals surface area contributed by atoms with Crippen molar-refractivity contribution >= 4 is 10.2 Å². The molecule has 1 aromatic rings. The quantitative estimate of drug-likeness (QED) is 0.291. The van der Waals surface area contributed by atoms with Gasteiger partial charge in [0.05, 0.1) is 6.10 Å². The number of hydrogen-bond donors (Lipinski definition) is 1. The molecule has 0 radical (unpaired) electrons. The Kier molecular flexibility index (Phi) is 14.3. The highest BCUT2D eigenvalue weighted by molar-refractivity contribution is 7.87. The molecule has 1 aliphatic carbocycles. The van der Waals surface area contributed by atoms with Gasteiger partial charge >= 0.3 is 0 Å². The van der Waals surface area contributed by atoms with Crippen molar-refractivity contribution < 1.29 is 13.2 Å². The van der Waals surface area contributed by atoms with Gasteiger partial charge in [-0.2, -0.15) is 12.7 Å². The minimum Gasteiger partial charge on any atom is -0.378 e. The minimum absolute atomic E-state index is 0.0587. The first-order valence-electron chi connectivity index (χ1n) is 13.5. The molecule has 196 valence electrons. The van der Waals surface area contributed by atoms with Gasteiger partial charge in [-0.1, -0.05) is 62.9 Å². The number of rotatable bonds is 18. The van der Waals surface area contributed by atoms with Crippen molar-refractivity contribution in [3.05, 3.63) is 35.9 Å². The predicted octanol–water partition coefficient (Wildman–Crippen LogP) is 5.01. The van der Waals surface area contributed by atoms with Gasteiger partial charge in [-0.05, 0) is 77.1 Å². The molecule has 1 N–H and O–H groups in total. The van der Waals surface area contributed by atoms with E-state index >= 15 is 0 Å². The zero-order valence-corrected chi connectivity index (χ0v) is 22.7. The zero-order valence-electron chi connectivity index (χ0n) is 21.9. The second-order valence-electron chi connectivity index (χ2n) is 9.88. The van der Waals surface area contributed by atoms with Crippen LogP contribution in [0.5, 0.6) is 0 Å². The molecule has 2 rings (SSSR count). The number of benzene rings is 1. The lowest BCUT2D eigenvalue weighted by molar-refractivity contribution is 0.0155. The van der Waals surface area contributed by atoms with Crippen molar-refractivity contribution in [2.45, 2.75) is 96.1 Å². The van der Waals surface area contributed by atoms with Crippen LogP contribution in [0.2, 0.25) is 0 Å². The minimum atomic E-state index is -3.45. The van der Waals surface area contributed by atoms with Crippen LogP contribution in [0.15, 0.2) is 30.3 Å². The third-order valence-electron chi connectivity index (χ3n) is 7.01. The maximum atomic E-state index is 12.7. The largest absolute Gasteiger partial charge is 0.378 e. The van der Waals surface area contributed by atoms with E-state index in [1.807, 2.05) is 30.3 Å². The molecule has 0 unspecified atom stereocenters. The first kappa shape index (κ1) is 29.2. The molecule has 7 heteroatoms. The highest BCUT2D eigenvalue weighted by Gasteiger charge is 2.30. The summed E-state index contributed by atoms with van der Waals surface area (Å²) in [5, 5.41) is 0. The van der Waals surface area contributed by atoms with Crippen LogP contribution in [0.3, 0.4) is 0 Å². The predicted molar refractivity (Wildman–Crippen MR) is 142 cm³/mol. The summed E-state index contributed by atoms with van der Waals surface area (Å²) >= 11 is 0. The van der Waals surface area contributed by atoms with Gasteiger partial charge in [0.2, 0.25) is 0 Å². The zero-order chi connectivity index (χ0) is 24.7. The lowest BCUT2D eigenvalue weighted by atomic mass is 9.93. The first-order valence-corrected chi connectivity index (χ1v) is 14.9. The number of nitrogens with one attached hydrogen (secondary N) is 1. The van der Waals surface area contributed by atoms with Crippen LogP contribution in [0, 0.1) is 0 Å². The van der Waals surface area contributed by atoms with Crippen LogP contribution in [0.4, 0.5) is 0 Å². The third-order valence-corrected chi connectivity index (χ3v) is 8.63. The van der Waals surface area contributed by atoms with Gasteiger partial charge < -0.3 is 9.64 Å². The van der Waals surface area contributed by atoms with E-state index in [2.05, 4.69) is 23.6 Å². The monoisotopic (exact) mass is 495 g/mol. The molecule has 0 aromatic heterocycles. The highest BCUT2D eigenvalue weighted by atomic mass is 32.2. The van der Waals surface area contributed by atoms with E-state index in [0.717, 1.165) is 44.3 Å². The standard InChI is InChI=1S/C27H49N3O3S/c1-4-5-11-22-29(2)23-12-6-7-13-24-33-27-18-16-26(17-19-27)30(3)34(31,32)28-21-20-25-14-9-8-10-15-25/h8-10,14-15,26-28H,4-7,11-13,16-24H2,1-3H3/t26-,27-. The molecule has 1 aromatic carbocycles. The molecular formula is C27H49N3O3S. The van der Waals surface area contributed by atoms with E-state index in [1.165, 1.54) is 55.9 Å². The van der Waals surface area contributed by atoms with E-state index in [0.29, 0.717) is 13.0 Å². The molecule has 1 saturated carbocycles. The van der Waals surface area contributed by atoms with E-state index in [-0.39, 0.29) is 12.1 Å². The summed E-state index contributed by atoms with van der Waals surface area (Å²) in [6.45, 7) is 5.93. The molecule has 1 fully saturated rings. The second-order valence-corrected chi connectivity index (χ2v) is 11.7. The van der Waals surface area contributed by atoms with E-state index in [4.69, 9.17) is 4.74 Å². The fraction of sp³-hybridized carbons (Fsp3) is 0.778. The van der Waals surface area contributed by atoms with E-state index in [9.17, 15) is 8.42 Å². The molecule has 0 atom stereocenters. The van der Waals surface area contributed by atoms with Gasteiger partial charge in [0, 0.05) is 26.2 Å². The van der Waals surface area contributed by atoms with E-state index in [1.54, 1.807) is 7.05 Å². The van der Waals surface area contributed by atoms with Gasteiger partial charge in [0.1, 0.15) is 0 Å². The Bertz CT molecular complexity index is 737. The van der Waals surface area contributed by atoms with Crippen molar-refractivity contribution in [3.8, 4) is 0 Å². The lowest BCUT2D eigenvalue weighted by Crippen LogP contribution is -2.46. The molecule has 6 nitrogen and oxygen atoms in total. The van der Waals surface area contributed by atoms with Gasteiger partial charge in [-0.15, -0.1) is 0 Å². The van der Waals surface area contributed by atoms with Gasteiger partial charge in [0.15, 0.2) is 0 Å². The summed E-state index contributed by atoms with van der Waals surface area (Å²) < 4.78 is 35.8. The Morgan fingerprint density at radius 3 is 2.24 bits per heavy atom. The Labute approximate surface area is 209 Å². The van der Waals surface area contributed by atoms with Crippen molar-refractivity contribution in [3.63, 3.8) is 0 Å². The van der Waals surface area contributed by atoms with Crippen LogP contribution < -0.4 is 4.72 Å². The fourth-order valence-electron chi connectivity index (χ4n) is 4.67. The summed E-state index contributed by atoms with van der Waals surface area (Å²) in [6.07, 6.45) is 13.4. The van der Waals surface area contributed by atoms with Crippen LogP contribution in [-0.4, -0.2) is 70.1 Å². The Morgan fingerprint density at radius 2 is 1.56 bits per heavy atom. The van der Waals surface area contributed by atoms with Crippen LogP contribution in [0.1, 0.15) is 83.1 Å².